The number of nitrogens with one attached hydrogen (secondary N) is 1. The summed E-state index contributed by atoms with van der Waals surface area (Å²) in [6, 6.07) is -1.52. The van der Waals surface area contributed by atoms with E-state index in [9.17, 15) is 24.6 Å². The molecule has 0 heterocycles. The minimum absolute atomic E-state index is 0.634. The highest BCUT2D eigenvalue weighted by atomic mass is 16.4. The SMILES string of the molecule is CC(=O)N[C@@H](CC(=O)[O-])C(=O)[O-].CCCC[N+](CCCC)(CCCC)CCCC.CCCC[N+](CCCC)(CCCC)CCCC. The second-order valence-corrected chi connectivity index (χ2v) is 13.4. The Morgan fingerprint density at radius 3 is 0.826 bits per heavy atom. The van der Waals surface area contributed by atoms with Crippen LogP contribution in [0.15, 0.2) is 0 Å². The van der Waals surface area contributed by atoms with Crippen molar-refractivity contribution in [3.8, 4) is 0 Å². The number of hydrogen-bond acceptors (Lipinski definition) is 5. The molecule has 276 valence electrons. The summed E-state index contributed by atoms with van der Waals surface area (Å²) in [6.07, 6.45) is 21.3. The molecule has 0 rings (SSSR count). The van der Waals surface area contributed by atoms with E-state index in [2.05, 4.69) is 55.4 Å². The van der Waals surface area contributed by atoms with E-state index in [1.807, 2.05) is 5.32 Å². The van der Waals surface area contributed by atoms with Gasteiger partial charge in [0.2, 0.25) is 5.91 Å². The summed E-state index contributed by atoms with van der Waals surface area (Å²) < 4.78 is 2.84. The number of nitrogens with zero attached hydrogens (tertiary/aromatic N) is 2. The predicted octanol–water partition coefficient (Wildman–Crippen LogP) is 6.39. The lowest BCUT2D eigenvalue weighted by atomic mass is 10.1. The number of carbonyl (C=O) groups excluding carboxylic acids is 3. The van der Waals surface area contributed by atoms with Gasteiger partial charge in [0.05, 0.1) is 64.4 Å². The Morgan fingerprint density at radius 2 is 0.696 bits per heavy atom. The summed E-state index contributed by atoms with van der Waals surface area (Å²) in [5.74, 6) is -3.84. The van der Waals surface area contributed by atoms with Crippen LogP contribution in [0.4, 0.5) is 0 Å². The zero-order valence-electron chi connectivity index (χ0n) is 32.2. The maximum atomic E-state index is 10.3. The van der Waals surface area contributed by atoms with Crippen LogP contribution in [-0.4, -0.2) is 85.2 Å². The number of carbonyl (C=O) groups is 3. The molecule has 0 spiro atoms. The van der Waals surface area contributed by atoms with Gasteiger partial charge in [0.15, 0.2) is 0 Å². The van der Waals surface area contributed by atoms with Gasteiger partial charge in [0.25, 0.3) is 0 Å². The van der Waals surface area contributed by atoms with Crippen molar-refractivity contribution in [3.05, 3.63) is 0 Å². The van der Waals surface area contributed by atoms with Crippen molar-refractivity contribution in [2.24, 2.45) is 0 Å². The highest BCUT2D eigenvalue weighted by Crippen LogP contribution is 2.17. The molecule has 1 N–H and O–H groups in total. The number of amides is 1. The predicted molar refractivity (Wildman–Crippen MR) is 191 cm³/mol. The maximum Gasteiger partial charge on any atom is 0.217 e. The first-order valence-electron chi connectivity index (χ1n) is 19.3. The molecule has 0 fully saturated rings. The monoisotopic (exact) mass is 658 g/mol. The van der Waals surface area contributed by atoms with Gasteiger partial charge in [-0.3, -0.25) is 4.79 Å². The summed E-state index contributed by atoms with van der Waals surface area (Å²) >= 11 is 0. The Hall–Kier alpha value is -1.67. The molecule has 0 saturated carbocycles. The quantitative estimate of drug-likeness (QED) is 0.0982. The molecule has 0 unspecified atom stereocenters. The average Bonchev–Trinajstić information content (AvgIpc) is 3.03. The van der Waals surface area contributed by atoms with Crippen LogP contribution in [0.25, 0.3) is 0 Å². The Bertz CT molecular complexity index is 589. The van der Waals surface area contributed by atoms with Crippen molar-refractivity contribution >= 4 is 17.8 Å². The number of unbranched alkanes of at least 4 members (excludes halogenated alkanes) is 8. The normalized spacial score (nSPS) is 11.9. The van der Waals surface area contributed by atoms with Crippen molar-refractivity contribution in [3.63, 3.8) is 0 Å². The van der Waals surface area contributed by atoms with Gasteiger partial charge in [0, 0.05) is 19.3 Å². The van der Waals surface area contributed by atoms with E-state index < -0.39 is 30.3 Å². The molecule has 0 aliphatic heterocycles. The molecule has 0 aromatic rings. The first-order valence-corrected chi connectivity index (χ1v) is 19.3. The molecule has 1 amide bonds. The highest BCUT2D eigenvalue weighted by Gasteiger charge is 2.25. The first kappa shape index (κ1) is 48.7. The van der Waals surface area contributed by atoms with Crippen LogP contribution in [0.3, 0.4) is 0 Å². The minimum Gasteiger partial charge on any atom is -0.550 e. The summed E-state index contributed by atoms with van der Waals surface area (Å²) in [5.41, 5.74) is 0. The van der Waals surface area contributed by atoms with E-state index in [-0.39, 0.29) is 0 Å². The van der Waals surface area contributed by atoms with Crippen molar-refractivity contribution < 1.29 is 33.6 Å². The largest absolute Gasteiger partial charge is 0.550 e. The lowest BCUT2D eigenvalue weighted by Crippen LogP contribution is -2.50. The molecule has 8 heteroatoms. The number of aliphatic carboxylic acids is 2. The Morgan fingerprint density at radius 1 is 0.478 bits per heavy atom. The van der Waals surface area contributed by atoms with Gasteiger partial charge in [-0.2, -0.15) is 0 Å². The fraction of sp³-hybridized carbons (Fsp3) is 0.921. The molecule has 0 aliphatic rings. The van der Waals surface area contributed by atoms with Crippen LogP contribution >= 0.6 is 0 Å². The molecule has 0 aliphatic carbocycles. The van der Waals surface area contributed by atoms with Crippen LogP contribution < -0.4 is 15.5 Å². The van der Waals surface area contributed by atoms with E-state index >= 15 is 0 Å². The van der Waals surface area contributed by atoms with Crippen LogP contribution in [0.5, 0.6) is 0 Å². The lowest BCUT2D eigenvalue weighted by Gasteiger charge is -2.39. The zero-order valence-corrected chi connectivity index (χ0v) is 32.2. The molecular formula is C38H79N3O5. The Labute approximate surface area is 286 Å². The third kappa shape index (κ3) is 28.5. The molecule has 0 saturated heterocycles. The minimum atomic E-state index is -1.64. The standard InChI is InChI=1S/2C16H36N.C6H9NO5/c2*1-5-9-13-17(14-10-6-2,15-11-7-3)16-12-8-4;1-3(8)7-4(6(11)12)2-5(9)10/h2*5-16H2,1-4H3;4H,2H2,1H3,(H,7,8)(H,9,10)(H,11,12)/q2*+1;/p-2/t;;4-/m..0/s1. The lowest BCUT2D eigenvalue weighted by molar-refractivity contribution is -0.929. The van der Waals surface area contributed by atoms with Crippen molar-refractivity contribution in [2.75, 3.05) is 52.4 Å². The molecule has 8 nitrogen and oxygen atoms in total. The summed E-state index contributed by atoms with van der Waals surface area (Å²) in [6.45, 7) is 31.1. The highest BCUT2D eigenvalue weighted by molar-refractivity contribution is 5.84. The van der Waals surface area contributed by atoms with E-state index in [1.165, 1.54) is 164 Å². The fourth-order valence-corrected chi connectivity index (χ4v) is 5.90. The molecule has 1 atom stereocenters. The third-order valence-electron chi connectivity index (χ3n) is 8.92. The number of quaternary nitrogens is 2. The van der Waals surface area contributed by atoms with Crippen LogP contribution in [0.2, 0.25) is 0 Å². The second-order valence-electron chi connectivity index (χ2n) is 13.4. The average molecular weight is 658 g/mol. The van der Waals surface area contributed by atoms with Gasteiger partial charge in [-0.25, -0.2) is 0 Å². The summed E-state index contributed by atoms with van der Waals surface area (Å²) in [4.78, 5) is 30.4. The smallest absolute Gasteiger partial charge is 0.217 e. The Kier molecular flexibility index (Phi) is 35.2. The number of carboxylic acid groups (broad SMARTS) is 2. The molecule has 0 aromatic heterocycles. The first-order chi connectivity index (χ1) is 21.9. The second kappa shape index (κ2) is 33.2. The third-order valence-corrected chi connectivity index (χ3v) is 8.92. The molecule has 0 radical (unpaired) electrons. The van der Waals surface area contributed by atoms with E-state index in [0.29, 0.717) is 0 Å². The number of rotatable bonds is 28. The number of carboxylic acids is 2. The van der Waals surface area contributed by atoms with Gasteiger partial charge in [-0.05, 0) is 51.4 Å². The molecule has 0 aromatic carbocycles. The van der Waals surface area contributed by atoms with Gasteiger partial charge in [-0.15, -0.1) is 0 Å². The topological polar surface area (TPSA) is 109 Å². The zero-order chi connectivity index (χ0) is 35.7. The van der Waals surface area contributed by atoms with E-state index in [0.717, 1.165) is 6.92 Å². The van der Waals surface area contributed by atoms with Crippen molar-refractivity contribution in [1.29, 1.82) is 0 Å². The van der Waals surface area contributed by atoms with Gasteiger partial charge < -0.3 is 34.1 Å². The maximum absolute atomic E-state index is 10.3. The fourth-order valence-electron chi connectivity index (χ4n) is 5.90. The molecule has 46 heavy (non-hydrogen) atoms. The van der Waals surface area contributed by atoms with Gasteiger partial charge >= 0.3 is 0 Å². The van der Waals surface area contributed by atoms with Gasteiger partial charge in [0.1, 0.15) is 0 Å². The molecule has 0 bridgehead atoms. The van der Waals surface area contributed by atoms with Crippen LogP contribution in [0.1, 0.15) is 171 Å². The molecular weight excluding hydrogens is 578 g/mol. The van der Waals surface area contributed by atoms with Crippen LogP contribution in [0, 0.1) is 0 Å². The Balaban J connectivity index is -0.000000614. The number of hydrogen-bond donors (Lipinski definition) is 1. The summed E-state index contributed by atoms with van der Waals surface area (Å²) in [5, 5.41) is 22.0. The van der Waals surface area contributed by atoms with Crippen molar-refractivity contribution in [1.82, 2.24) is 5.32 Å². The van der Waals surface area contributed by atoms with E-state index in [4.69, 9.17) is 0 Å². The van der Waals surface area contributed by atoms with Crippen LogP contribution in [-0.2, 0) is 14.4 Å². The van der Waals surface area contributed by atoms with Crippen molar-refractivity contribution in [2.45, 2.75) is 178 Å². The van der Waals surface area contributed by atoms with Gasteiger partial charge in [-0.1, -0.05) is 107 Å². The summed E-state index contributed by atoms with van der Waals surface area (Å²) in [7, 11) is 0. The van der Waals surface area contributed by atoms with E-state index in [1.54, 1.807) is 0 Å².